The highest BCUT2D eigenvalue weighted by Gasteiger charge is 2.06. The molecule has 0 spiro atoms. The summed E-state index contributed by atoms with van der Waals surface area (Å²) in [5.41, 5.74) is 6.27. The summed E-state index contributed by atoms with van der Waals surface area (Å²) in [6.45, 7) is 0. The Labute approximate surface area is 106 Å². The van der Waals surface area contributed by atoms with E-state index in [0.29, 0.717) is 27.0 Å². The van der Waals surface area contributed by atoms with Crippen molar-refractivity contribution in [1.82, 2.24) is 20.2 Å². The number of H-pyrrole nitrogens is 1. The third-order valence-electron chi connectivity index (χ3n) is 1.74. The van der Waals surface area contributed by atoms with E-state index in [9.17, 15) is 0 Å². The number of nitrogens with two attached hydrogens (primary N) is 1. The Bertz CT molecular complexity index is 501. The van der Waals surface area contributed by atoms with E-state index < -0.39 is 0 Å². The van der Waals surface area contributed by atoms with Gasteiger partial charge in [-0.1, -0.05) is 35.0 Å². The quantitative estimate of drug-likeness (QED) is 0.664. The van der Waals surface area contributed by atoms with Crippen LogP contribution >= 0.6 is 35.0 Å². The summed E-state index contributed by atoms with van der Waals surface area (Å²) in [5.74, 6) is 0.906. The SMILES string of the molecule is Nc1nc(SCc2cnc(Cl)cc2Cl)n[nH]1. The zero-order chi connectivity index (χ0) is 11.5. The van der Waals surface area contributed by atoms with E-state index in [1.54, 1.807) is 12.3 Å². The number of nitrogens with one attached hydrogen (secondary N) is 1. The Morgan fingerprint density at radius 3 is 2.88 bits per heavy atom. The molecule has 0 saturated heterocycles. The number of rotatable bonds is 3. The molecule has 2 aromatic heterocycles. The van der Waals surface area contributed by atoms with E-state index in [2.05, 4.69) is 20.2 Å². The second kappa shape index (κ2) is 4.90. The number of hydrogen-bond acceptors (Lipinski definition) is 5. The fraction of sp³-hybridized carbons (Fsp3) is 0.125. The molecule has 0 fully saturated rings. The van der Waals surface area contributed by atoms with Gasteiger partial charge in [-0.05, 0) is 11.6 Å². The van der Waals surface area contributed by atoms with Crippen molar-refractivity contribution < 1.29 is 0 Å². The Hall–Kier alpha value is -0.980. The lowest BCUT2D eigenvalue weighted by Crippen LogP contribution is -1.87. The maximum Gasteiger partial charge on any atom is 0.216 e. The van der Waals surface area contributed by atoms with Gasteiger partial charge in [-0.15, -0.1) is 5.10 Å². The molecule has 0 saturated carbocycles. The lowest BCUT2D eigenvalue weighted by molar-refractivity contribution is 0.973. The first kappa shape index (κ1) is 11.5. The van der Waals surface area contributed by atoms with Gasteiger partial charge in [-0.25, -0.2) is 10.1 Å². The van der Waals surface area contributed by atoms with Gasteiger partial charge in [-0.2, -0.15) is 4.98 Å². The van der Waals surface area contributed by atoms with Gasteiger partial charge in [0.15, 0.2) is 0 Å². The van der Waals surface area contributed by atoms with Gasteiger partial charge in [0.25, 0.3) is 0 Å². The number of nitrogen functional groups attached to an aromatic ring is 1. The van der Waals surface area contributed by atoms with Crippen LogP contribution in [0.3, 0.4) is 0 Å². The Kier molecular flexibility index (Phi) is 3.52. The third kappa shape index (κ3) is 2.78. The van der Waals surface area contributed by atoms with E-state index in [1.807, 2.05) is 0 Å². The second-order valence-corrected chi connectivity index (χ2v) is 4.63. The molecule has 0 bridgehead atoms. The molecular formula is C8H7Cl2N5S. The van der Waals surface area contributed by atoms with Crippen molar-refractivity contribution >= 4 is 40.9 Å². The number of pyridine rings is 1. The number of anilines is 1. The fourth-order valence-electron chi connectivity index (χ4n) is 1.01. The number of nitrogens with zero attached hydrogens (tertiary/aromatic N) is 3. The summed E-state index contributed by atoms with van der Waals surface area (Å²) in [6.07, 6.45) is 1.63. The van der Waals surface area contributed by atoms with Crippen LogP contribution < -0.4 is 5.73 Å². The second-order valence-electron chi connectivity index (χ2n) is 2.89. The van der Waals surface area contributed by atoms with Crippen LogP contribution in [0.5, 0.6) is 0 Å². The van der Waals surface area contributed by atoms with Crippen LogP contribution in [-0.4, -0.2) is 20.2 Å². The van der Waals surface area contributed by atoms with Crippen molar-refractivity contribution in [2.45, 2.75) is 10.9 Å². The first-order valence-corrected chi connectivity index (χ1v) is 6.00. The average Bonchev–Trinajstić information content (AvgIpc) is 2.63. The molecule has 0 aromatic carbocycles. The van der Waals surface area contributed by atoms with Crippen LogP contribution in [0.1, 0.15) is 5.56 Å². The molecule has 2 heterocycles. The average molecular weight is 276 g/mol. The van der Waals surface area contributed by atoms with Crippen molar-refractivity contribution in [3.8, 4) is 0 Å². The van der Waals surface area contributed by atoms with E-state index >= 15 is 0 Å². The van der Waals surface area contributed by atoms with Gasteiger partial charge in [0.1, 0.15) is 5.15 Å². The summed E-state index contributed by atoms with van der Waals surface area (Å²) in [6, 6.07) is 1.60. The van der Waals surface area contributed by atoms with Crippen LogP contribution in [0.25, 0.3) is 0 Å². The van der Waals surface area contributed by atoms with Gasteiger partial charge in [-0.3, -0.25) is 0 Å². The predicted molar refractivity (Wildman–Crippen MR) is 64.6 cm³/mol. The van der Waals surface area contributed by atoms with Crippen molar-refractivity contribution in [2.75, 3.05) is 5.73 Å². The summed E-state index contributed by atoms with van der Waals surface area (Å²) in [4.78, 5) is 7.91. The van der Waals surface area contributed by atoms with Crippen molar-refractivity contribution in [1.29, 1.82) is 0 Å². The van der Waals surface area contributed by atoms with Gasteiger partial charge in [0.2, 0.25) is 11.1 Å². The van der Waals surface area contributed by atoms with E-state index in [1.165, 1.54) is 11.8 Å². The molecule has 8 heteroatoms. The molecule has 2 aromatic rings. The van der Waals surface area contributed by atoms with E-state index in [4.69, 9.17) is 28.9 Å². The van der Waals surface area contributed by atoms with Gasteiger partial charge >= 0.3 is 0 Å². The fourth-order valence-corrected chi connectivity index (χ4v) is 2.31. The number of aromatic amines is 1. The molecule has 3 N–H and O–H groups in total. The van der Waals surface area contributed by atoms with Crippen LogP contribution in [0, 0.1) is 0 Å². The number of hydrogen-bond donors (Lipinski definition) is 2. The Morgan fingerprint density at radius 1 is 1.44 bits per heavy atom. The lowest BCUT2D eigenvalue weighted by Gasteiger charge is -2.01. The highest BCUT2D eigenvalue weighted by atomic mass is 35.5. The smallest absolute Gasteiger partial charge is 0.216 e. The molecule has 0 unspecified atom stereocenters. The van der Waals surface area contributed by atoms with Crippen LogP contribution in [0.4, 0.5) is 5.95 Å². The van der Waals surface area contributed by atoms with Crippen molar-refractivity contribution in [3.05, 3.63) is 28.0 Å². The van der Waals surface area contributed by atoms with E-state index in [-0.39, 0.29) is 0 Å². The zero-order valence-electron chi connectivity index (χ0n) is 7.94. The number of aromatic nitrogens is 4. The Balaban J connectivity index is 2.04. The molecular weight excluding hydrogens is 269 g/mol. The van der Waals surface area contributed by atoms with Crippen molar-refractivity contribution in [3.63, 3.8) is 0 Å². The maximum atomic E-state index is 5.99. The third-order valence-corrected chi connectivity index (χ3v) is 3.19. The molecule has 0 aliphatic rings. The molecule has 0 atom stereocenters. The molecule has 0 amide bonds. The predicted octanol–water partition coefficient (Wildman–Crippen LogP) is 2.38. The van der Waals surface area contributed by atoms with Gasteiger partial charge < -0.3 is 5.73 Å². The van der Waals surface area contributed by atoms with Crippen LogP contribution in [-0.2, 0) is 5.75 Å². The van der Waals surface area contributed by atoms with Crippen LogP contribution in [0.15, 0.2) is 17.4 Å². The minimum atomic E-state index is 0.294. The lowest BCUT2D eigenvalue weighted by atomic mass is 10.3. The summed E-state index contributed by atoms with van der Waals surface area (Å²) >= 11 is 13.1. The molecule has 0 aliphatic carbocycles. The highest BCUT2D eigenvalue weighted by molar-refractivity contribution is 7.98. The first-order chi connectivity index (χ1) is 7.65. The minimum absolute atomic E-state index is 0.294. The first-order valence-electron chi connectivity index (χ1n) is 4.26. The minimum Gasteiger partial charge on any atom is -0.368 e. The maximum absolute atomic E-state index is 5.99. The zero-order valence-corrected chi connectivity index (χ0v) is 10.3. The topological polar surface area (TPSA) is 80.5 Å². The van der Waals surface area contributed by atoms with Gasteiger partial charge in [0, 0.05) is 17.0 Å². The Morgan fingerprint density at radius 2 is 2.25 bits per heavy atom. The van der Waals surface area contributed by atoms with Crippen LogP contribution in [0.2, 0.25) is 10.2 Å². The standard InChI is InChI=1S/C8H7Cl2N5S/c9-5-1-6(10)12-2-4(5)3-16-8-13-7(11)14-15-8/h1-2H,3H2,(H3,11,13,14,15). The number of thioether (sulfide) groups is 1. The molecule has 16 heavy (non-hydrogen) atoms. The molecule has 0 aliphatic heterocycles. The molecule has 0 radical (unpaired) electrons. The highest BCUT2D eigenvalue weighted by Crippen LogP contribution is 2.25. The summed E-state index contributed by atoms with van der Waals surface area (Å²) < 4.78 is 0. The normalized spacial score (nSPS) is 10.6. The van der Waals surface area contributed by atoms with Crippen molar-refractivity contribution in [2.24, 2.45) is 0 Å². The summed E-state index contributed by atoms with van der Waals surface area (Å²) in [5, 5.41) is 7.97. The summed E-state index contributed by atoms with van der Waals surface area (Å²) in [7, 11) is 0. The number of halogens is 2. The molecule has 5 nitrogen and oxygen atoms in total. The molecule has 2 rings (SSSR count). The van der Waals surface area contributed by atoms with Gasteiger partial charge in [0.05, 0.1) is 0 Å². The van der Waals surface area contributed by atoms with E-state index in [0.717, 1.165) is 5.56 Å². The largest absolute Gasteiger partial charge is 0.368 e. The molecule has 84 valence electrons. The monoisotopic (exact) mass is 275 g/mol.